The number of rotatable bonds is 0. The normalized spacial score (nSPS) is 10.5. The van der Waals surface area contributed by atoms with Crippen LogP contribution in [0.15, 0.2) is 29.0 Å². The molecule has 1 N–H and O–H groups in total. The van der Waals surface area contributed by atoms with Gasteiger partial charge in [-0.3, -0.25) is 4.98 Å². The molecule has 0 bridgehead atoms. The lowest BCUT2D eigenvalue weighted by Crippen LogP contribution is -1.70. The molecule has 10 heavy (non-hydrogen) atoms. The fourth-order valence-electron chi connectivity index (χ4n) is 0.922. The summed E-state index contributed by atoms with van der Waals surface area (Å²) in [4.78, 5) is 7.24. The molecule has 2 heterocycles. The molecular formula is C7H5BrN2. The summed E-state index contributed by atoms with van der Waals surface area (Å²) >= 11 is 3.37. The van der Waals surface area contributed by atoms with E-state index in [9.17, 15) is 0 Å². The van der Waals surface area contributed by atoms with E-state index in [4.69, 9.17) is 0 Å². The predicted octanol–water partition coefficient (Wildman–Crippen LogP) is 2.33. The number of hydrogen-bond donors (Lipinski definition) is 1. The number of halogens is 1. The van der Waals surface area contributed by atoms with Crippen LogP contribution in [0.5, 0.6) is 0 Å². The summed E-state index contributed by atoms with van der Waals surface area (Å²) < 4.78 is 1.02. The molecule has 0 unspecified atom stereocenters. The molecule has 0 spiro atoms. The molecule has 2 aromatic rings. The van der Waals surface area contributed by atoms with Crippen LogP contribution >= 0.6 is 15.9 Å². The topological polar surface area (TPSA) is 28.7 Å². The van der Waals surface area contributed by atoms with E-state index in [-0.39, 0.29) is 0 Å². The Morgan fingerprint density at radius 1 is 1.50 bits per heavy atom. The second-order valence-corrected chi connectivity index (χ2v) is 2.89. The predicted molar refractivity (Wildman–Crippen MR) is 43.8 cm³/mol. The Labute approximate surface area is 66.4 Å². The van der Waals surface area contributed by atoms with Gasteiger partial charge in [-0.1, -0.05) is 0 Å². The summed E-state index contributed by atoms with van der Waals surface area (Å²) in [6.45, 7) is 0. The minimum atomic E-state index is 0.988. The van der Waals surface area contributed by atoms with E-state index in [2.05, 4.69) is 25.9 Å². The molecule has 50 valence electrons. The van der Waals surface area contributed by atoms with Crippen LogP contribution in [0.1, 0.15) is 0 Å². The smallest absolute Gasteiger partial charge is 0.102 e. The fraction of sp³-hybridized carbons (Fsp3) is 0. The standard InChI is InChI=1S/C7H5BrN2/c8-5-4-10-6-2-1-3-9-7(5)6/h1-4,10H. The highest BCUT2D eigenvalue weighted by Crippen LogP contribution is 2.19. The third-order valence-electron chi connectivity index (χ3n) is 1.39. The van der Waals surface area contributed by atoms with Crippen molar-refractivity contribution in [1.82, 2.24) is 9.97 Å². The zero-order chi connectivity index (χ0) is 6.97. The van der Waals surface area contributed by atoms with Crippen molar-refractivity contribution in [2.24, 2.45) is 0 Å². The van der Waals surface area contributed by atoms with Gasteiger partial charge in [-0.15, -0.1) is 0 Å². The molecule has 0 aliphatic heterocycles. The largest absolute Gasteiger partial charge is 0.359 e. The first-order valence-electron chi connectivity index (χ1n) is 2.95. The maximum Gasteiger partial charge on any atom is 0.102 e. The summed E-state index contributed by atoms with van der Waals surface area (Å²) in [5.41, 5.74) is 2.05. The van der Waals surface area contributed by atoms with Crippen molar-refractivity contribution >= 4 is 27.0 Å². The van der Waals surface area contributed by atoms with Gasteiger partial charge in [-0.2, -0.15) is 0 Å². The lowest BCUT2D eigenvalue weighted by Gasteiger charge is -1.85. The molecule has 3 heteroatoms. The van der Waals surface area contributed by atoms with Crippen LogP contribution in [-0.4, -0.2) is 9.97 Å². The van der Waals surface area contributed by atoms with Crippen LogP contribution in [0.3, 0.4) is 0 Å². The fourth-order valence-corrected chi connectivity index (χ4v) is 1.35. The molecule has 0 atom stereocenters. The van der Waals surface area contributed by atoms with Crippen LogP contribution in [0, 0.1) is 0 Å². The Bertz CT molecular complexity index is 353. The summed E-state index contributed by atoms with van der Waals surface area (Å²) in [7, 11) is 0. The zero-order valence-electron chi connectivity index (χ0n) is 5.13. The number of nitrogens with one attached hydrogen (secondary N) is 1. The van der Waals surface area contributed by atoms with Crippen LogP contribution in [0.4, 0.5) is 0 Å². The number of hydrogen-bond acceptors (Lipinski definition) is 1. The van der Waals surface area contributed by atoms with Crippen molar-refractivity contribution in [2.45, 2.75) is 0 Å². The number of aromatic amines is 1. The maximum absolute atomic E-state index is 4.16. The van der Waals surface area contributed by atoms with Gasteiger partial charge in [-0.25, -0.2) is 0 Å². The zero-order valence-corrected chi connectivity index (χ0v) is 6.72. The van der Waals surface area contributed by atoms with Gasteiger partial charge in [0.05, 0.1) is 9.99 Å². The lowest BCUT2D eigenvalue weighted by atomic mass is 10.4. The summed E-state index contributed by atoms with van der Waals surface area (Å²) in [6, 6.07) is 3.90. The molecular weight excluding hydrogens is 192 g/mol. The summed E-state index contributed by atoms with van der Waals surface area (Å²) in [5, 5.41) is 0. The van der Waals surface area contributed by atoms with Gasteiger partial charge >= 0.3 is 0 Å². The lowest BCUT2D eigenvalue weighted by molar-refractivity contribution is 1.41. The minimum absolute atomic E-state index is 0.988. The Hall–Kier alpha value is -0.830. The van der Waals surface area contributed by atoms with E-state index < -0.39 is 0 Å². The number of nitrogens with zero attached hydrogens (tertiary/aromatic N) is 1. The van der Waals surface area contributed by atoms with Gasteiger partial charge in [0.1, 0.15) is 5.52 Å². The van der Waals surface area contributed by atoms with Crippen molar-refractivity contribution in [1.29, 1.82) is 0 Å². The van der Waals surface area contributed by atoms with Crippen molar-refractivity contribution in [3.63, 3.8) is 0 Å². The average molecular weight is 197 g/mol. The van der Waals surface area contributed by atoms with Crippen LogP contribution in [0.25, 0.3) is 11.0 Å². The maximum atomic E-state index is 4.16. The highest BCUT2D eigenvalue weighted by Gasteiger charge is 1.97. The third kappa shape index (κ3) is 0.743. The number of H-pyrrole nitrogens is 1. The van der Waals surface area contributed by atoms with Gasteiger partial charge in [0.15, 0.2) is 0 Å². The van der Waals surface area contributed by atoms with Crippen molar-refractivity contribution in [3.05, 3.63) is 29.0 Å². The van der Waals surface area contributed by atoms with Gasteiger partial charge in [0, 0.05) is 12.4 Å². The van der Waals surface area contributed by atoms with E-state index >= 15 is 0 Å². The molecule has 0 aromatic carbocycles. The molecule has 2 nitrogen and oxygen atoms in total. The Kier molecular flexibility index (Phi) is 1.24. The van der Waals surface area contributed by atoms with E-state index in [0.717, 1.165) is 15.5 Å². The molecule has 0 amide bonds. The Morgan fingerprint density at radius 3 is 3.20 bits per heavy atom. The van der Waals surface area contributed by atoms with E-state index in [0.29, 0.717) is 0 Å². The SMILES string of the molecule is Brc1c[nH]c2cccnc12. The van der Waals surface area contributed by atoms with Crippen molar-refractivity contribution in [2.75, 3.05) is 0 Å². The van der Waals surface area contributed by atoms with E-state index in [1.54, 1.807) is 6.20 Å². The Balaban J connectivity index is 2.93. The first-order chi connectivity index (χ1) is 4.88. The summed E-state index contributed by atoms with van der Waals surface area (Å²) in [5.74, 6) is 0. The summed E-state index contributed by atoms with van der Waals surface area (Å²) in [6.07, 6.45) is 3.67. The molecule has 0 aliphatic rings. The van der Waals surface area contributed by atoms with E-state index in [1.165, 1.54) is 0 Å². The molecule has 0 aliphatic carbocycles. The van der Waals surface area contributed by atoms with E-state index in [1.807, 2.05) is 18.3 Å². The van der Waals surface area contributed by atoms with Crippen molar-refractivity contribution < 1.29 is 0 Å². The van der Waals surface area contributed by atoms with Gasteiger partial charge < -0.3 is 4.98 Å². The van der Waals surface area contributed by atoms with Gasteiger partial charge in [0.2, 0.25) is 0 Å². The molecule has 0 radical (unpaired) electrons. The Morgan fingerprint density at radius 2 is 2.40 bits per heavy atom. The van der Waals surface area contributed by atoms with Crippen molar-refractivity contribution in [3.8, 4) is 0 Å². The molecule has 2 rings (SSSR count). The molecule has 0 fully saturated rings. The highest BCUT2D eigenvalue weighted by atomic mass is 79.9. The first-order valence-corrected chi connectivity index (χ1v) is 3.75. The van der Waals surface area contributed by atoms with Crippen LogP contribution < -0.4 is 0 Å². The molecule has 0 saturated heterocycles. The van der Waals surface area contributed by atoms with Crippen LogP contribution in [-0.2, 0) is 0 Å². The second kappa shape index (κ2) is 2.09. The minimum Gasteiger partial charge on any atom is -0.359 e. The molecule has 2 aromatic heterocycles. The number of fused-ring (bicyclic) bond motifs is 1. The number of aromatic nitrogens is 2. The van der Waals surface area contributed by atoms with Crippen LogP contribution in [0.2, 0.25) is 0 Å². The quantitative estimate of drug-likeness (QED) is 0.689. The monoisotopic (exact) mass is 196 g/mol. The second-order valence-electron chi connectivity index (χ2n) is 2.04. The highest BCUT2D eigenvalue weighted by molar-refractivity contribution is 9.10. The van der Waals surface area contributed by atoms with Gasteiger partial charge in [-0.05, 0) is 28.1 Å². The number of pyridine rings is 1. The third-order valence-corrected chi connectivity index (χ3v) is 1.99. The van der Waals surface area contributed by atoms with Gasteiger partial charge in [0.25, 0.3) is 0 Å². The average Bonchev–Trinajstić information content (AvgIpc) is 2.34. The first kappa shape index (κ1) is 5.92. The molecule has 0 saturated carbocycles.